The Morgan fingerprint density at radius 3 is 2.85 bits per heavy atom. The molecule has 1 heterocycles. The van der Waals surface area contributed by atoms with Crippen LogP contribution in [0.25, 0.3) is 0 Å². The van der Waals surface area contributed by atoms with Crippen LogP contribution in [0.1, 0.15) is 19.7 Å². The first-order chi connectivity index (χ1) is 6.18. The van der Waals surface area contributed by atoms with Crippen LogP contribution in [0.3, 0.4) is 0 Å². The predicted octanol–water partition coefficient (Wildman–Crippen LogP) is 1.34. The molecule has 0 aliphatic rings. The largest absolute Gasteiger partial charge is 0.368 e. The molecule has 1 aromatic rings. The maximum atomic E-state index is 5.42. The molecule has 0 aliphatic carbocycles. The van der Waals surface area contributed by atoms with Crippen molar-refractivity contribution in [1.29, 1.82) is 0 Å². The summed E-state index contributed by atoms with van der Waals surface area (Å²) in [6.07, 6.45) is 1.45. The molecule has 0 aliphatic heterocycles. The zero-order chi connectivity index (χ0) is 9.68. The Hall–Kier alpha value is -0.840. The molecule has 2 N–H and O–H groups in total. The van der Waals surface area contributed by atoms with E-state index in [-0.39, 0.29) is 0 Å². The Morgan fingerprint density at radius 2 is 2.23 bits per heavy atom. The smallest absolute Gasteiger partial charge is 0.223 e. The molecule has 1 rings (SSSR count). The van der Waals surface area contributed by atoms with E-state index in [9.17, 15) is 0 Å². The quantitative estimate of drug-likeness (QED) is 0.791. The molecular formula is C8H14N4S. The van der Waals surface area contributed by atoms with Gasteiger partial charge in [0, 0.05) is 0 Å². The Balaban J connectivity index is 2.37. The van der Waals surface area contributed by atoms with Gasteiger partial charge in [-0.1, -0.05) is 13.8 Å². The molecule has 1 aromatic heterocycles. The third-order valence-corrected chi connectivity index (χ3v) is 2.69. The number of nitrogens with zero attached hydrogens (tertiary/aromatic N) is 3. The van der Waals surface area contributed by atoms with Crippen LogP contribution >= 0.6 is 11.8 Å². The second-order valence-electron chi connectivity index (χ2n) is 3.17. The first-order valence-corrected chi connectivity index (χ1v) is 5.35. The van der Waals surface area contributed by atoms with Gasteiger partial charge in [-0.05, 0) is 11.7 Å². The van der Waals surface area contributed by atoms with Crippen LogP contribution in [0.5, 0.6) is 0 Å². The number of hydrogen-bond donors (Lipinski definition) is 1. The van der Waals surface area contributed by atoms with Crippen LogP contribution in [0.2, 0.25) is 0 Å². The molecule has 0 unspecified atom stereocenters. The summed E-state index contributed by atoms with van der Waals surface area (Å²) >= 11 is 1.81. The van der Waals surface area contributed by atoms with E-state index in [0.717, 1.165) is 17.3 Å². The lowest BCUT2D eigenvalue weighted by atomic mass is 10.3. The van der Waals surface area contributed by atoms with Crippen molar-refractivity contribution in [3.8, 4) is 0 Å². The van der Waals surface area contributed by atoms with Crippen molar-refractivity contribution < 1.29 is 0 Å². The van der Waals surface area contributed by atoms with E-state index < -0.39 is 0 Å². The van der Waals surface area contributed by atoms with Gasteiger partial charge >= 0.3 is 0 Å². The lowest BCUT2D eigenvalue weighted by Gasteiger charge is -2.03. The molecule has 0 aromatic carbocycles. The molecule has 0 atom stereocenters. The van der Waals surface area contributed by atoms with Gasteiger partial charge in [0.1, 0.15) is 12.2 Å². The molecule has 72 valence electrons. The van der Waals surface area contributed by atoms with Crippen molar-refractivity contribution in [2.75, 3.05) is 11.5 Å². The monoisotopic (exact) mass is 198 g/mol. The number of nitrogens with two attached hydrogens (primary N) is 1. The fourth-order valence-corrected chi connectivity index (χ4v) is 1.71. The second kappa shape index (κ2) is 5.01. The van der Waals surface area contributed by atoms with Crippen LogP contribution in [0.4, 0.5) is 5.95 Å². The van der Waals surface area contributed by atoms with Crippen LogP contribution in [-0.2, 0) is 5.75 Å². The third kappa shape index (κ3) is 4.07. The topological polar surface area (TPSA) is 64.7 Å². The molecule has 4 nitrogen and oxygen atoms in total. The molecular weight excluding hydrogens is 184 g/mol. The van der Waals surface area contributed by atoms with Crippen molar-refractivity contribution in [2.24, 2.45) is 5.92 Å². The number of thioether (sulfide) groups is 1. The van der Waals surface area contributed by atoms with Gasteiger partial charge in [-0.3, -0.25) is 0 Å². The van der Waals surface area contributed by atoms with Gasteiger partial charge in [-0.2, -0.15) is 16.7 Å². The summed E-state index contributed by atoms with van der Waals surface area (Å²) in [6.45, 7) is 4.38. The zero-order valence-electron chi connectivity index (χ0n) is 7.90. The second-order valence-corrected chi connectivity index (χ2v) is 4.20. The number of aromatic nitrogens is 3. The highest BCUT2D eigenvalue weighted by atomic mass is 32.2. The average Bonchev–Trinajstić information content (AvgIpc) is 2.03. The standard InChI is InChI=1S/C8H14N4S/c1-6(2)3-13-4-7-10-5-11-8(9)12-7/h5-6H,3-4H2,1-2H3,(H2,9,10,11,12). The number of anilines is 1. The van der Waals surface area contributed by atoms with Crippen molar-refractivity contribution in [2.45, 2.75) is 19.6 Å². The van der Waals surface area contributed by atoms with Gasteiger partial charge in [-0.25, -0.2) is 9.97 Å². The van der Waals surface area contributed by atoms with Crippen molar-refractivity contribution >= 4 is 17.7 Å². The van der Waals surface area contributed by atoms with Gasteiger partial charge < -0.3 is 5.73 Å². The normalized spacial score (nSPS) is 10.7. The van der Waals surface area contributed by atoms with Crippen LogP contribution in [-0.4, -0.2) is 20.7 Å². The SMILES string of the molecule is CC(C)CSCc1ncnc(N)n1. The van der Waals surface area contributed by atoms with Gasteiger partial charge in [0.25, 0.3) is 0 Å². The van der Waals surface area contributed by atoms with E-state index in [1.807, 2.05) is 11.8 Å². The molecule has 0 spiro atoms. The first kappa shape index (κ1) is 10.2. The van der Waals surface area contributed by atoms with Crippen molar-refractivity contribution in [3.05, 3.63) is 12.2 Å². The molecule has 0 saturated carbocycles. The maximum absolute atomic E-state index is 5.42. The molecule has 0 saturated heterocycles. The highest BCUT2D eigenvalue weighted by Crippen LogP contribution is 2.12. The summed E-state index contributed by atoms with van der Waals surface area (Å²) in [5.74, 6) is 3.69. The molecule has 0 amide bonds. The Kier molecular flexibility index (Phi) is 3.95. The number of rotatable bonds is 4. The minimum atomic E-state index is 0.301. The van der Waals surface area contributed by atoms with E-state index in [0.29, 0.717) is 11.9 Å². The van der Waals surface area contributed by atoms with Gasteiger partial charge in [0.05, 0.1) is 5.75 Å². The van der Waals surface area contributed by atoms with Crippen molar-refractivity contribution in [1.82, 2.24) is 15.0 Å². The van der Waals surface area contributed by atoms with Gasteiger partial charge in [-0.15, -0.1) is 0 Å². The van der Waals surface area contributed by atoms with E-state index >= 15 is 0 Å². The fourth-order valence-electron chi connectivity index (χ4n) is 0.800. The maximum Gasteiger partial charge on any atom is 0.223 e. The molecule has 0 fully saturated rings. The average molecular weight is 198 g/mol. The zero-order valence-corrected chi connectivity index (χ0v) is 8.71. The summed E-state index contributed by atoms with van der Waals surface area (Å²) in [6, 6.07) is 0. The van der Waals surface area contributed by atoms with E-state index in [1.54, 1.807) is 0 Å². The Bertz CT molecular complexity index is 264. The Labute approximate surface area is 82.4 Å². The highest BCUT2D eigenvalue weighted by Gasteiger charge is 1.99. The van der Waals surface area contributed by atoms with Crippen molar-refractivity contribution in [3.63, 3.8) is 0 Å². The van der Waals surface area contributed by atoms with E-state index in [1.165, 1.54) is 6.33 Å². The molecule has 13 heavy (non-hydrogen) atoms. The Morgan fingerprint density at radius 1 is 1.46 bits per heavy atom. The van der Waals surface area contributed by atoms with Gasteiger partial charge in [0.2, 0.25) is 5.95 Å². The van der Waals surface area contributed by atoms with Gasteiger partial charge in [0.15, 0.2) is 0 Å². The number of hydrogen-bond acceptors (Lipinski definition) is 5. The summed E-state index contributed by atoms with van der Waals surface area (Å²) in [5.41, 5.74) is 5.42. The first-order valence-electron chi connectivity index (χ1n) is 4.19. The minimum Gasteiger partial charge on any atom is -0.368 e. The molecule has 5 heteroatoms. The third-order valence-electron chi connectivity index (χ3n) is 1.32. The van der Waals surface area contributed by atoms with E-state index in [2.05, 4.69) is 28.8 Å². The number of nitrogen functional groups attached to an aromatic ring is 1. The summed E-state index contributed by atoms with van der Waals surface area (Å²) in [7, 11) is 0. The van der Waals surface area contributed by atoms with Crippen LogP contribution in [0, 0.1) is 5.92 Å². The predicted molar refractivity (Wildman–Crippen MR) is 55.2 cm³/mol. The fraction of sp³-hybridized carbons (Fsp3) is 0.625. The van der Waals surface area contributed by atoms with Crippen LogP contribution < -0.4 is 5.73 Å². The summed E-state index contributed by atoms with van der Waals surface area (Å²) in [4.78, 5) is 11.7. The summed E-state index contributed by atoms with van der Waals surface area (Å²) in [5, 5.41) is 0. The lowest BCUT2D eigenvalue weighted by molar-refractivity contribution is 0.749. The minimum absolute atomic E-state index is 0.301. The lowest BCUT2D eigenvalue weighted by Crippen LogP contribution is -2.01. The van der Waals surface area contributed by atoms with E-state index in [4.69, 9.17) is 5.73 Å². The van der Waals surface area contributed by atoms with Crippen LogP contribution in [0.15, 0.2) is 6.33 Å². The summed E-state index contributed by atoms with van der Waals surface area (Å²) < 4.78 is 0. The molecule has 0 bridgehead atoms. The highest BCUT2D eigenvalue weighted by molar-refractivity contribution is 7.98. The molecule has 0 radical (unpaired) electrons.